The first-order valence-electron chi connectivity index (χ1n) is 6.97. The number of aliphatic imine (C=N–C) groups is 1. The lowest BCUT2D eigenvalue weighted by atomic mass is 9.96. The SMILES string of the molecule is CCCCNC(N)=NCC1(c2ccccc2Cl)CC1.I. The molecule has 0 spiro atoms. The van der Waals surface area contributed by atoms with Gasteiger partial charge in [-0.05, 0) is 30.9 Å². The molecule has 1 aromatic rings. The Morgan fingerprint density at radius 2 is 2.10 bits per heavy atom. The van der Waals surface area contributed by atoms with Crippen LogP contribution in [0.15, 0.2) is 29.3 Å². The molecule has 1 saturated carbocycles. The molecule has 0 unspecified atom stereocenters. The Morgan fingerprint density at radius 1 is 1.40 bits per heavy atom. The van der Waals surface area contributed by atoms with E-state index < -0.39 is 0 Å². The fraction of sp³-hybridized carbons (Fsp3) is 0.533. The molecule has 0 radical (unpaired) electrons. The van der Waals surface area contributed by atoms with Crippen molar-refractivity contribution in [1.82, 2.24) is 5.32 Å². The first-order valence-corrected chi connectivity index (χ1v) is 7.34. The van der Waals surface area contributed by atoms with Crippen LogP contribution in [0.2, 0.25) is 5.02 Å². The number of hydrogen-bond donors (Lipinski definition) is 2. The standard InChI is InChI=1S/C15H22ClN3.HI/c1-2-3-10-18-14(17)19-11-15(8-9-15)12-6-4-5-7-13(12)16;/h4-7H,2-3,8-11H2,1H3,(H3,17,18,19);1H. The number of rotatable bonds is 6. The van der Waals surface area contributed by atoms with Crippen LogP contribution in [0.3, 0.4) is 0 Å². The molecule has 2 rings (SSSR count). The van der Waals surface area contributed by atoms with Crippen molar-refractivity contribution < 1.29 is 0 Å². The molecule has 0 saturated heterocycles. The van der Waals surface area contributed by atoms with Gasteiger partial charge in [-0.3, -0.25) is 4.99 Å². The molecule has 3 N–H and O–H groups in total. The Kier molecular flexibility index (Phi) is 7.09. The van der Waals surface area contributed by atoms with Crippen molar-refractivity contribution >= 4 is 41.5 Å². The molecular weight excluding hydrogens is 385 g/mol. The minimum Gasteiger partial charge on any atom is -0.370 e. The van der Waals surface area contributed by atoms with Gasteiger partial charge in [0.15, 0.2) is 5.96 Å². The van der Waals surface area contributed by atoms with E-state index in [1.54, 1.807) is 0 Å². The summed E-state index contributed by atoms with van der Waals surface area (Å²) in [4.78, 5) is 4.47. The highest BCUT2D eigenvalue weighted by Gasteiger charge is 2.45. The Morgan fingerprint density at radius 3 is 2.70 bits per heavy atom. The van der Waals surface area contributed by atoms with Crippen LogP contribution in [0.4, 0.5) is 0 Å². The molecule has 3 nitrogen and oxygen atoms in total. The topological polar surface area (TPSA) is 50.4 Å². The van der Waals surface area contributed by atoms with E-state index in [1.807, 2.05) is 18.2 Å². The van der Waals surface area contributed by atoms with Crippen LogP contribution < -0.4 is 11.1 Å². The highest BCUT2D eigenvalue weighted by molar-refractivity contribution is 14.0. The average Bonchev–Trinajstić information content (AvgIpc) is 3.18. The van der Waals surface area contributed by atoms with Gasteiger partial charge < -0.3 is 11.1 Å². The van der Waals surface area contributed by atoms with E-state index in [-0.39, 0.29) is 29.4 Å². The number of hydrogen-bond acceptors (Lipinski definition) is 1. The summed E-state index contributed by atoms with van der Waals surface area (Å²) in [5.74, 6) is 0.548. The summed E-state index contributed by atoms with van der Waals surface area (Å²) in [5, 5.41) is 3.99. The molecule has 1 aliphatic carbocycles. The quantitative estimate of drug-likeness (QED) is 0.327. The van der Waals surface area contributed by atoms with E-state index in [1.165, 1.54) is 5.56 Å². The van der Waals surface area contributed by atoms with E-state index in [2.05, 4.69) is 23.3 Å². The van der Waals surface area contributed by atoms with Crippen LogP contribution in [0.25, 0.3) is 0 Å². The van der Waals surface area contributed by atoms with E-state index in [0.29, 0.717) is 5.96 Å². The first-order chi connectivity index (χ1) is 9.18. The molecular formula is C15H23ClIN3. The van der Waals surface area contributed by atoms with Gasteiger partial charge in [0, 0.05) is 17.0 Å². The lowest BCUT2D eigenvalue weighted by Crippen LogP contribution is -2.33. The van der Waals surface area contributed by atoms with Crippen molar-refractivity contribution in [2.75, 3.05) is 13.1 Å². The number of benzene rings is 1. The molecule has 5 heteroatoms. The largest absolute Gasteiger partial charge is 0.370 e. The predicted octanol–water partition coefficient (Wildman–Crippen LogP) is 3.69. The predicted molar refractivity (Wildman–Crippen MR) is 97.2 cm³/mol. The van der Waals surface area contributed by atoms with Crippen LogP contribution in [-0.4, -0.2) is 19.0 Å². The maximum Gasteiger partial charge on any atom is 0.188 e. The molecule has 1 fully saturated rings. The molecule has 1 aliphatic rings. The molecule has 20 heavy (non-hydrogen) atoms. The first kappa shape index (κ1) is 17.6. The van der Waals surface area contributed by atoms with Crippen LogP contribution in [0.5, 0.6) is 0 Å². The van der Waals surface area contributed by atoms with Gasteiger partial charge >= 0.3 is 0 Å². The molecule has 0 aromatic heterocycles. The molecule has 1 aromatic carbocycles. The fourth-order valence-electron chi connectivity index (χ4n) is 2.24. The zero-order chi connectivity index (χ0) is 13.7. The molecule has 0 aliphatic heterocycles. The molecule has 0 amide bonds. The Labute approximate surface area is 143 Å². The summed E-state index contributed by atoms with van der Waals surface area (Å²) in [6.45, 7) is 3.78. The van der Waals surface area contributed by atoms with Gasteiger partial charge in [-0.1, -0.05) is 43.1 Å². The van der Waals surface area contributed by atoms with Gasteiger partial charge in [0.25, 0.3) is 0 Å². The van der Waals surface area contributed by atoms with Crippen LogP contribution in [0.1, 0.15) is 38.2 Å². The third-order valence-electron chi connectivity index (χ3n) is 3.69. The van der Waals surface area contributed by atoms with Gasteiger partial charge in [0.1, 0.15) is 0 Å². The summed E-state index contributed by atoms with van der Waals surface area (Å²) >= 11 is 6.27. The van der Waals surface area contributed by atoms with Gasteiger partial charge in [0.05, 0.1) is 6.54 Å². The lowest BCUT2D eigenvalue weighted by molar-refractivity contribution is 0.694. The molecule has 112 valence electrons. The highest BCUT2D eigenvalue weighted by Crippen LogP contribution is 2.50. The third-order valence-corrected chi connectivity index (χ3v) is 4.02. The highest BCUT2D eigenvalue weighted by atomic mass is 127. The van der Waals surface area contributed by atoms with Gasteiger partial charge in [0.2, 0.25) is 0 Å². The second kappa shape index (κ2) is 8.08. The second-order valence-corrected chi connectivity index (χ2v) is 5.65. The maximum atomic E-state index is 6.27. The summed E-state index contributed by atoms with van der Waals surface area (Å²) < 4.78 is 0. The van der Waals surface area contributed by atoms with Crippen molar-refractivity contribution in [3.63, 3.8) is 0 Å². The Bertz CT molecular complexity index is 458. The van der Waals surface area contributed by atoms with Gasteiger partial charge in [-0.15, -0.1) is 24.0 Å². The summed E-state index contributed by atoms with van der Waals surface area (Å²) in [7, 11) is 0. The van der Waals surface area contributed by atoms with Crippen molar-refractivity contribution in [1.29, 1.82) is 0 Å². The number of nitrogens with two attached hydrogens (primary N) is 1. The van der Waals surface area contributed by atoms with Crippen molar-refractivity contribution in [3.8, 4) is 0 Å². The number of nitrogens with zero attached hydrogens (tertiary/aromatic N) is 1. The minimum absolute atomic E-state index is 0. The normalized spacial score (nSPS) is 16.4. The number of guanidine groups is 1. The third kappa shape index (κ3) is 4.52. The van der Waals surface area contributed by atoms with Crippen LogP contribution >= 0.6 is 35.6 Å². The fourth-order valence-corrected chi connectivity index (χ4v) is 2.58. The molecule has 0 heterocycles. The second-order valence-electron chi connectivity index (χ2n) is 5.24. The van der Waals surface area contributed by atoms with Gasteiger partial charge in [-0.25, -0.2) is 0 Å². The number of nitrogens with one attached hydrogen (secondary N) is 1. The van der Waals surface area contributed by atoms with Gasteiger partial charge in [-0.2, -0.15) is 0 Å². The number of halogens is 2. The van der Waals surface area contributed by atoms with E-state index in [0.717, 1.165) is 43.8 Å². The average molecular weight is 408 g/mol. The lowest BCUT2D eigenvalue weighted by Gasteiger charge is -2.15. The summed E-state index contributed by atoms with van der Waals surface area (Å²) in [5.41, 5.74) is 7.20. The number of unbranched alkanes of at least 4 members (excludes halogenated alkanes) is 1. The van der Waals surface area contributed by atoms with Crippen molar-refractivity contribution in [3.05, 3.63) is 34.9 Å². The monoisotopic (exact) mass is 407 g/mol. The van der Waals surface area contributed by atoms with Crippen LogP contribution in [-0.2, 0) is 5.41 Å². The Hall–Kier alpha value is -0.490. The van der Waals surface area contributed by atoms with Crippen molar-refractivity contribution in [2.45, 2.75) is 38.0 Å². The van der Waals surface area contributed by atoms with E-state index >= 15 is 0 Å². The smallest absolute Gasteiger partial charge is 0.188 e. The van der Waals surface area contributed by atoms with E-state index in [9.17, 15) is 0 Å². The molecule has 0 bridgehead atoms. The van der Waals surface area contributed by atoms with Crippen LogP contribution in [0, 0.1) is 0 Å². The minimum atomic E-state index is 0. The summed E-state index contributed by atoms with van der Waals surface area (Å²) in [6, 6.07) is 8.05. The Balaban J connectivity index is 0.00000200. The molecule has 0 atom stereocenters. The maximum absolute atomic E-state index is 6.27. The zero-order valence-electron chi connectivity index (χ0n) is 11.9. The zero-order valence-corrected chi connectivity index (χ0v) is 14.9. The summed E-state index contributed by atoms with van der Waals surface area (Å²) in [6.07, 6.45) is 4.56. The van der Waals surface area contributed by atoms with E-state index in [4.69, 9.17) is 17.3 Å². The van der Waals surface area contributed by atoms with Crippen molar-refractivity contribution in [2.24, 2.45) is 10.7 Å².